The topological polar surface area (TPSA) is 72.8 Å². The van der Waals surface area contributed by atoms with Crippen LogP contribution >= 0.6 is 11.3 Å². The van der Waals surface area contributed by atoms with Crippen LogP contribution in [-0.2, 0) is 16.8 Å². The number of piperidine rings is 1. The van der Waals surface area contributed by atoms with Crippen molar-refractivity contribution < 1.29 is 15.0 Å². The average molecular weight is 401 g/mol. The lowest BCUT2D eigenvalue weighted by molar-refractivity contribution is -0.116. The lowest BCUT2D eigenvalue weighted by atomic mass is 9.87. The Morgan fingerprint density at radius 2 is 2.04 bits per heavy atom. The van der Waals surface area contributed by atoms with Gasteiger partial charge in [0.05, 0.1) is 6.10 Å². The summed E-state index contributed by atoms with van der Waals surface area (Å²) < 4.78 is 0. The largest absolute Gasteiger partial charge is 0.387 e. The number of nitrogens with zero attached hydrogens (tertiary/aromatic N) is 1. The molecular formula is C22H28N2O3S. The van der Waals surface area contributed by atoms with Crippen molar-refractivity contribution >= 4 is 22.9 Å². The van der Waals surface area contributed by atoms with Crippen molar-refractivity contribution in [3.8, 4) is 0 Å². The van der Waals surface area contributed by atoms with Crippen molar-refractivity contribution in [2.45, 2.75) is 56.8 Å². The Morgan fingerprint density at radius 3 is 2.71 bits per heavy atom. The average Bonchev–Trinajstić information content (AvgIpc) is 3.25. The molecule has 1 aromatic carbocycles. The van der Waals surface area contributed by atoms with Gasteiger partial charge in [0.15, 0.2) is 0 Å². The monoisotopic (exact) mass is 400 g/mol. The number of fused-ring (bicyclic) bond motifs is 1. The van der Waals surface area contributed by atoms with Crippen LogP contribution in [0.15, 0.2) is 35.7 Å². The van der Waals surface area contributed by atoms with Crippen molar-refractivity contribution in [1.82, 2.24) is 4.90 Å². The predicted octanol–water partition coefficient (Wildman–Crippen LogP) is 3.43. The molecule has 0 aliphatic carbocycles. The molecule has 0 saturated carbocycles. The highest BCUT2D eigenvalue weighted by molar-refractivity contribution is 7.10. The van der Waals surface area contributed by atoms with Crippen molar-refractivity contribution in [3.63, 3.8) is 0 Å². The van der Waals surface area contributed by atoms with E-state index in [-0.39, 0.29) is 11.9 Å². The maximum Gasteiger partial charge on any atom is 0.224 e. The molecule has 1 saturated heterocycles. The second-order valence-corrected chi connectivity index (χ2v) is 8.88. The van der Waals surface area contributed by atoms with Crippen LogP contribution < -0.4 is 5.32 Å². The van der Waals surface area contributed by atoms with E-state index in [1.807, 2.05) is 35.7 Å². The number of aryl methyl sites for hydroxylation is 1. The van der Waals surface area contributed by atoms with E-state index in [0.717, 1.165) is 47.6 Å². The number of amides is 1. The van der Waals surface area contributed by atoms with Crippen LogP contribution in [-0.4, -0.2) is 40.2 Å². The van der Waals surface area contributed by atoms with Gasteiger partial charge in [0.2, 0.25) is 5.91 Å². The lowest BCUT2D eigenvalue weighted by Crippen LogP contribution is -2.48. The molecule has 150 valence electrons. The first-order valence-corrected chi connectivity index (χ1v) is 11.0. The summed E-state index contributed by atoms with van der Waals surface area (Å²) in [6.45, 7) is 3.64. The summed E-state index contributed by atoms with van der Waals surface area (Å²) in [6.07, 6.45) is 2.85. The van der Waals surface area contributed by atoms with Gasteiger partial charge in [0.25, 0.3) is 0 Å². The van der Waals surface area contributed by atoms with E-state index < -0.39 is 11.7 Å². The summed E-state index contributed by atoms with van der Waals surface area (Å²) in [4.78, 5) is 14.9. The number of nitrogens with one attached hydrogen (secondary N) is 1. The van der Waals surface area contributed by atoms with Gasteiger partial charge in [0.1, 0.15) is 5.60 Å². The van der Waals surface area contributed by atoms with E-state index in [9.17, 15) is 15.0 Å². The lowest BCUT2D eigenvalue weighted by Gasteiger charge is -2.42. The first-order valence-electron chi connectivity index (χ1n) is 10.1. The van der Waals surface area contributed by atoms with Crippen LogP contribution in [0.5, 0.6) is 0 Å². The molecule has 2 aromatic rings. The standard InChI is InChI=1S/C22H28N2O3S/c1-2-18(24-11-9-22(27,10-12-24)19-4-3-13-28-19)21(26)16-5-7-17-15(14-16)6-8-20(25)23-17/h3-5,7,13-14,18,21,26-27H,2,6,8-12H2,1H3,(H,23,25)/t18-,21-/m0/s1. The van der Waals surface area contributed by atoms with Gasteiger partial charge in [-0.15, -0.1) is 11.3 Å². The summed E-state index contributed by atoms with van der Waals surface area (Å²) in [5.74, 6) is 0.0544. The molecule has 3 heterocycles. The Hall–Kier alpha value is -1.73. The molecule has 0 bridgehead atoms. The van der Waals surface area contributed by atoms with E-state index in [1.54, 1.807) is 11.3 Å². The number of hydrogen-bond acceptors (Lipinski definition) is 5. The quantitative estimate of drug-likeness (QED) is 0.719. The molecular weight excluding hydrogens is 372 g/mol. The molecule has 0 radical (unpaired) electrons. The predicted molar refractivity (Wildman–Crippen MR) is 111 cm³/mol. The van der Waals surface area contributed by atoms with Crippen molar-refractivity contribution in [1.29, 1.82) is 0 Å². The number of aliphatic hydroxyl groups excluding tert-OH is 1. The van der Waals surface area contributed by atoms with Gasteiger partial charge in [-0.2, -0.15) is 0 Å². The van der Waals surface area contributed by atoms with Crippen LogP contribution in [0, 0.1) is 0 Å². The summed E-state index contributed by atoms with van der Waals surface area (Å²) in [5.41, 5.74) is 2.12. The summed E-state index contributed by atoms with van der Waals surface area (Å²) in [5, 5.41) is 27.0. The Kier molecular flexibility index (Phi) is 5.56. The summed E-state index contributed by atoms with van der Waals surface area (Å²) in [6, 6.07) is 9.88. The summed E-state index contributed by atoms with van der Waals surface area (Å²) >= 11 is 1.61. The Morgan fingerprint density at radius 1 is 1.25 bits per heavy atom. The fourth-order valence-electron chi connectivity index (χ4n) is 4.51. The fraction of sp³-hybridized carbons (Fsp3) is 0.500. The Balaban J connectivity index is 1.46. The number of aliphatic hydroxyl groups is 2. The third kappa shape index (κ3) is 3.74. The SMILES string of the molecule is CC[C@@H]([C@@H](O)c1ccc2c(c1)CCC(=O)N2)N1CCC(O)(c2cccs2)CC1. The van der Waals surface area contributed by atoms with E-state index in [4.69, 9.17) is 0 Å². The number of thiophene rings is 1. The number of hydrogen-bond donors (Lipinski definition) is 3. The van der Waals surface area contributed by atoms with Gasteiger partial charge >= 0.3 is 0 Å². The van der Waals surface area contributed by atoms with Gasteiger partial charge in [0, 0.05) is 36.1 Å². The van der Waals surface area contributed by atoms with Crippen LogP contribution in [0.25, 0.3) is 0 Å². The molecule has 6 heteroatoms. The molecule has 1 fully saturated rings. The molecule has 5 nitrogen and oxygen atoms in total. The van der Waals surface area contributed by atoms with E-state index in [2.05, 4.69) is 17.1 Å². The number of carbonyl (C=O) groups excluding carboxylic acids is 1. The Bertz CT molecular complexity index is 828. The van der Waals surface area contributed by atoms with E-state index in [1.165, 1.54) is 0 Å². The molecule has 28 heavy (non-hydrogen) atoms. The maximum absolute atomic E-state index is 11.6. The van der Waals surface area contributed by atoms with Crippen LogP contribution in [0.4, 0.5) is 5.69 Å². The van der Waals surface area contributed by atoms with Crippen molar-refractivity contribution in [3.05, 3.63) is 51.7 Å². The Labute approximate surface area is 170 Å². The molecule has 2 aliphatic heterocycles. The summed E-state index contributed by atoms with van der Waals surface area (Å²) in [7, 11) is 0. The number of anilines is 1. The normalized spacial score (nSPS) is 21.6. The third-order valence-electron chi connectivity index (χ3n) is 6.22. The fourth-order valence-corrected chi connectivity index (χ4v) is 5.39. The number of benzene rings is 1. The van der Waals surface area contributed by atoms with E-state index in [0.29, 0.717) is 19.3 Å². The second kappa shape index (κ2) is 7.95. The number of rotatable bonds is 5. The van der Waals surface area contributed by atoms with Gasteiger partial charge in [-0.3, -0.25) is 9.69 Å². The van der Waals surface area contributed by atoms with Gasteiger partial charge in [-0.25, -0.2) is 0 Å². The smallest absolute Gasteiger partial charge is 0.224 e. The molecule has 0 unspecified atom stereocenters. The first-order chi connectivity index (χ1) is 13.5. The molecule has 1 aromatic heterocycles. The highest BCUT2D eigenvalue weighted by Crippen LogP contribution is 2.38. The number of carbonyl (C=O) groups is 1. The zero-order chi connectivity index (χ0) is 19.7. The molecule has 4 rings (SSSR count). The molecule has 2 atom stereocenters. The maximum atomic E-state index is 11.6. The third-order valence-corrected chi connectivity index (χ3v) is 7.29. The zero-order valence-electron chi connectivity index (χ0n) is 16.2. The zero-order valence-corrected chi connectivity index (χ0v) is 17.0. The molecule has 0 spiro atoms. The molecule has 3 N–H and O–H groups in total. The minimum absolute atomic E-state index is 0.0177. The van der Waals surface area contributed by atoms with Crippen LogP contribution in [0.3, 0.4) is 0 Å². The van der Waals surface area contributed by atoms with Crippen molar-refractivity contribution in [2.24, 2.45) is 0 Å². The van der Waals surface area contributed by atoms with Crippen molar-refractivity contribution in [2.75, 3.05) is 18.4 Å². The highest BCUT2D eigenvalue weighted by Gasteiger charge is 2.38. The second-order valence-electron chi connectivity index (χ2n) is 7.93. The van der Waals surface area contributed by atoms with Gasteiger partial charge in [-0.1, -0.05) is 25.1 Å². The molecule has 1 amide bonds. The minimum atomic E-state index is -0.738. The molecule has 2 aliphatic rings. The van der Waals surface area contributed by atoms with Gasteiger partial charge in [-0.05, 0) is 54.3 Å². The highest BCUT2D eigenvalue weighted by atomic mass is 32.1. The number of likely N-dealkylation sites (tertiary alicyclic amines) is 1. The first kappa shape index (κ1) is 19.6. The van der Waals surface area contributed by atoms with Crippen LogP contribution in [0.1, 0.15) is 54.7 Å². The minimum Gasteiger partial charge on any atom is -0.387 e. The van der Waals surface area contributed by atoms with E-state index >= 15 is 0 Å². The van der Waals surface area contributed by atoms with Gasteiger partial charge < -0.3 is 15.5 Å². The van der Waals surface area contributed by atoms with Crippen LogP contribution in [0.2, 0.25) is 0 Å².